The summed E-state index contributed by atoms with van der Waals surface area (Å²) < 4.78 is 1.81. The van der Waals surface area contributed by atoms with Crippen LogP contribution in [-0.4, -0.2) is 21.2 Å². The van der Waals surface area contributed by atoms with E-state index < -0.39 is 0 Å². The van der Waals surface area contributed by atoms with Gasteiger partial charge in [0.1, 0.15) is 0 Å². The Kier molecular flexibility index (Phi) is 3.68. The van der Waals surface area contributed by atoms with Crippen LogP contribution in [0, 0.1) is 6.92 Å². The van der Waals surface area contributed by atoms with E-state index in [4.69, 9.17) is 0 Å². The molecule has 0 unspecified atom stereocenters. The van der Waals surface area contributed by atoms with Crippen LogP contribution in [0.5, 0.6) is 0 Å². The molecule has 0 spiro atoms. The first kappa shape index (κ1) is 15.6. The van der Waals surface area contributed by atoms with E-state index in [1.165, 1.54) is 11.1 Å². The Morgan fingerprint density at radius 2 is 1.68 bits per heavy atom. The molecule has 4 rings (SSSR count). The predicted octanol–water partition coefficient (Wildman–Crippen LogP) is 3.47. The van der Waals surface area contributed by atoms with Crippen molar-refractivity contribution >= 4 is 5.91 Å². The summed E-state index contributed by atoms with van der Waals surface area (Å²) in [5.74, 6) is -0.0292. The van der Waals surface area contributed by atoms with Gasteiger partial charge in [-0.15, -0.1) is 0 Å². The van der Waals surface area contributed by atoms with E-state index >= 15 is 0 Å². The van der Waals surface area contributed by atoms with Gasteiger partial charge in [0.15, 0.2) is 0 Å². The van der Waals surface area contributed by atoms with Gasteiger partial charge in [0.2, 0.25) is 0 Å². The highest BCUT2D eigenvalue weighted by molar-refractivity contribution is 5.95. The van der Waals surface area contributed by atoms with Crippen molar-refractivity contribution in [2.45, 2.75) is 32.2 Å². The second kappa shape index (κ2) is 5.88. The number of rotatable bonds is 3. The molecule has 3 aromatic rings. The zero-order valence-electron chi connectivity index (χ0n) is 14.5. The Labute approximate surface area is 147 Å². The Hall–Kier alpha value is -2.88. The summed E-state index contributed by atoms with van der Waals surface area (Å²) in [5.41, 5.74) is 5.02. The van der Waals surface area contributed by atoms with Crippen molar-refractivity contribution in [2.24, 2.45) is 0 Å². The van der Waals surface area contributed by atoms with Crippen molar-refractivity contribution in [3.63, 3.8) is 0 Å². The molecule has 1 amide bonds. The molecule has 0 aliphatic heterocycles. The van der Waals surface area contributed by atoms with E-state index in [1.54, 1.807) is 0 Å². The van der Waals surface area contributed by atoms with E-state index in [1.807, 2.05) is 48.1 Å². The molecule has 1 N–H and O–H groups in total. The van der Waals surface area contributed by atoms with Crippen LogP contribution >= 0.6 is 0 Å². The van der Waals surface area contributed by atoms with Crippen LogP contribution in [0.15, 0.2) is 60.8 Å². The first-order valence-electron chi connectivity index (χ1n) is 8.54. The van der Waals surface area contributed by atoms with Crippen LogP contribution in [-0.2, 0) is 12.8 Å². The fourth-order valence-corrected chi connectivity index (χ4v) is 3.56. The van der Waals surface area contributed by atoms with Gasteiger partial charge >= 0.3 is 0 Å². The summed E-state index contributed by atoms with van der Waals surface area (Å²) in [7, 11) is 0. The number of aromatic nitrogens is 2. The normalized spacial score (nSPS) is 15.0. The maximum atomic E-state index is 12.7. The number of amides is 1. The summed E-state index contributed by atoms with van der Waals surface area (Å²) >= 11 is 0. The van der Waals surface area contributed by atoms with Crippen molar-refractivity contribution in [2.75, 3.05) is 0 Å². The maximum Gasteiger partial charge on any atom is 0.251 e. The number of carbonyl (C=O) groups is 1. The monoisotopic (exact) mass is 331 g/mol. The molecule has 0 saturated heterocycles. The predicted molar refractivity (Wildman–Crippen MR) is 98.0 cm³/mol. The van der Waals surface area contributed by atoms with Crippen LogP contribution in [0.1, 0.15) is 34.1 Å². The van der Waals surface area contributed by atoms with E-state index in [0.29, 0.717) is 5.56 Å². The third kappa shape index (κ3) is 3.07. The second-order valence-corrected chi connectivity index (χ2v) is 7.09. The molecule has 0 radical (unpaired) electrons. The fourth-order valence-electron chi connectivity index (χ4n) is 3.56. The molecule has 1 heterocycles. The molecule has 1 aromatic heterocycles. The summed E-state index contributed by atoms with van der Waals surface area (Å²) in [6.45, 7) is 4.07. The highest BCUT2D eigenvalue weighted by atomic mass is 16.1. The van der Waals surface area contributed by atoms with Gasteiger partial charge in [0.25, 0.3) is 5.91 Å². The minimum atomic E-state index is -0.224. The van der Waals surface area contributed by atoms with Crippen molar-refractivity contribution in [3.8, 4) is 5.69 Å². The molecule has 2 aromatic carbocycles. The average Bonchev–Trinajstić information content (AvgIpc) is 3.17. The van der Waals surface area contributed by atoms with E-state index in [-0.39, 0.29) is 11.4 Å². The molecule has 25 heavy (non-hydrogen) atoms. The van der Waals surface area contributed by atoms with Gasteiger partial charge in [-0.25, -0.2) is 4.68 Å². The van der Waals surface area contributed by atoms with Crippen LogP contribution < -0.4 is 5.32 Å². The number of fused-ring (bicyclic) bond motifs is 1. The highest BCUT2D eigenvalue weighted by Crippen LogP contribution is 2.29. The second-order valence-electron chi connectivity index (χ2n) is 7.09. The van der Waals surface area contributed by atoms with Crippen molar-refractivity contribution in [1.29, 1.82) is 0 Å². The fraction of sp³-hybridized carbons (Fsp3) is 0.238. The average molecular weight is 331 g/mol. The topological polar surface area (TPSA) is 46.9 Å². The number of nitrogens with zero attached hydrogens (tertiary/aromatic N) is 2. The lowest BCUT2D eigenvalue weighted by molar-refractivity contribution is 0.0909. The SMILES string of the molecule is Cc1ccn(-c2ccc(C(=O)NC3(C)Cc4ccccc4C3)cc2)n1. The van der Waals surface area contributed by atoms with Crippen LogP contribution in [0.4, 0.5) is 0 Å². The summed E-state index contributed by atoms with van der Waals surface area (Å²) in [6.07, 6.45) is 3.67. The lowest BCUT2D eigenvalue weighted by atomic mass is 9.98. The first-order chi connectivity index (χ1) is 12.0. The van der Waals surface area contributed by atoms with Gasteiger partial charge in [0, 0.05) is 17.3 Å². The summed E-state index contributed by atoms with van der Waals surface area (Å²) in [4.78, 5) is 12.7. The molecule has 0 fully saturated rings. The summed E-state index contributed by atoms with van der Waals surface area (Å²) in [5, 5.41) is 7.61. The van der Waals surface area contributed by atoms with Gasteiger partial charge in [-0.1, -0.05) is 24.3 Å². The van der Waals surface area contributed by atoms with Gasteiger partial charge in [-0.2, -0.15) is 5.10 Å². The van der Waals surface area contributed by atoms with Gasteiger partial charge in [-0.3, -0.25) is 4.79 Å². The lowest BCUT2D eigenvalue weighted by Crippen LogP contribution is -2.46. The molecule has 4 nitrogen and oxygen atoms in total. The minimum absolute atomic E-state index is 0.0292. The first-order valence-corrected chi connectivity index (χ1v) is 8.54. The van der Waals surface area contributed by atoms with E-state index in [9.17, 15) is 4.79 Å². The molecular formula is C21H21N3O. The standard InChI is InChI=1S/C21H21N3O/c1-15-11-12-24(23-15)19-9-7-16(8-10-19)20(25)22-21(2)13-17-5-3-4-6-18(17)14-21/h3-12H,13-14H2,1-2H3,(H,22,25). The van der Waals surface area contributed by atoms with Crippen LogP contribution in [0.2, 0.25) is 0 Å². The molecule has 0 bridgehead atoms. The van der Waals surface area contributed by atoms with Gasteiger partial charge in [-0.05, 0) is 68.1 Å². The highest BCUT2D eigenvalue weighted by Gasteiger charge is 2.34. The number of aryl methyl sites for hydroxylation is 1. The Morgan fingerprint density at radius 3 is 2.24 bits per heavy atom. The third-order valence-electron chi connectivity index (χ3n) is 4.81. The lowest BCUT2D eigenvalue weighted by Gasteiger charge is -2.25. The van der Waals surface area contributed by atoms with Gasteiger partial charge in [0.05, 0.1) is 11.4 Å². The minimum Gasteiger partial charge on any atom is -0.346 e. The number of hydrogen-bond donors (Lipinski definition) is 1. The molecule has 4 heteroatoms. The quantitative estimate of drug-likeness (QED) is 0.799. The van der Waals surface area contributed by atoms with E-state index in [0.717, 1.165) is 24.2 Å². The number of hydrogen-bond acceptors (Lipinski definition) is 2. The molecule has 126 valence electrons. The number of nitrogens with one attached hydrogen (secondary N) is 1. The van der Waals surface area contributed by atoms with Crippen molar-refractivity contribution < 1.29 is 4.79 Å². The molecular weight excluding hydrogens is 310 g/mol. The molecule has 1 aliphatic rings. The number of carbonyl (C=O) groups excluding carboxylic acids is 1. The van der Waals surface area contributed by atoms with Crippen LogP contribution in [0.3, 0.4) is 0 Å². The third-order valence-corrected chi connectivity index (χ3v) is 4.81. The summed E-state index contributed by atoms with van der Waals surface area (Å²) in [6, 6.07) is 17.9. The van der Waals surface area contributed by atoms with Crippen LogP contribution in [0.25, 0.3) is 5.69 Å². The number of benzene rings is 2. The molecule has 0 atom stereocenters. The van der Waals surface area contributed by atoms with Crippen molar-refractivity contribution in [3.05, 3.63) is 83.2 Å². The van der Waals surface area contributed by atoms with Crippen molar-refractivity contribution in [1.82, 2.24) is 15.1 Å². The Bertz CT molecular complexity index is 899. The zero-order valence-corrected chi connectivity index (χ0v) is 14.5. The van der Waals surface area contributed by atoms with Gasteiger partial charge < -0.3 is 5.32 Å². The Balaban J connectivity index is 1.48. The molecule has 1 aliphatic carbocycles. The molecule has 0 saturated carbocycles. The zero-order chi connectivity index (χ0) is 17.4. The smallest absolute Gasteiger partial charge is 0.251 e. The maximum absolute atomic E-state index is 12.7. The Morgan fingerprint density at radius 1 is 1.04 bits per heavy atom. The van der Waals surface area contributed by atoms with E-state index in [2.05, 4.69) is 41.6 Å². The largest absolute Gasteiger partial charge is 0.346 e.